The summed E-state index contributed by atoms with van der Waals surface area (Å²) in [4.78, 5) is 1.03. The van der Waals surface area contributed by atoms with Crippen molar-refractivity contribution in [3.8, 4) is 33.4 Å². The van der Waals surface area contributed by atoms with Crippen LogP contribution in [0.25, 0.3) is 44.2 Å². The first-order chi connectivity index (χ1) is 31.5. The van der Waals surface area contributed by atoms with E-state index in [0.29, 0.717) is 0 Å². The molecule has 0 aromatic heterocycles. The van der Waals surface area contributed by atoms with Crippen molar-refractivity contribution >= 4 is 27.8 Å². The molecule has 0 amide bonds. The van der Waals surface area contributed by atoms with Crippen molar-refractivity contribution in [3.63, 3.8) is 0 Å². The summed E-state index contributed by atoms with van der Waals surface area (Å²) in [6, 6.07) is -7.65. The summed E-state index contributed by atoms with van der Waals surface area (Å²) in [7, 11) is 0. The third-order valence-corrected chi connectivity index (χ3v) is 9.12. The molecule has 0 radical (unpaired) electrons. The Balaban J connectivity index is 1.54. The maximum Gasteiger partial charge on any atom is 0.0648 e. The second kappa shape index (κ2) is 10.0. The molecule has 0 unspecified atom stereocenters. The van der Waals surface area contributed by atoms with Crippen molar-refractivity contribution in [2.75, 3.05) is 4.90 Å². The second-order valence-corrected chi connectivity index (χ2v) is 12.5. The molecule has 7 aromatic rings. The van der Waals surface area contributed by atoms with E-state index >= 15 is 0 Å². The van der Waals surface area contributed by atoms with Gasteiger partial charge in [0, 0.05) is 27.8 Å². The zero-order chi connectivity index (χ0) is 50.2. The van der Waals surface area contributed by atoms with Crippen molar-refractivity contribution < 1.29 is 28.8 Å². The van der Waals surface area contributed by atoms with Crippen LogP contribution in [0.2, 0.25) is 0 Å². The maximum atomic E-state index is 10.1. The highest BCUT2D eigenvalue weighted by atomic mass is 15.1. The van der Waals surface area contributed by atoms with E-state index in [9.17, 15) is 13.7 Å². The molecule has 0 saturated carbocycles. The summed E-state index contributed by atoms with van der Waals surface area (Å²) in [5.41, 5.74) is -5.37. The average Bonchev–Trinajstić information content (AvgIpc) is 3.52. The molecular weight excluding hydrogens is 567 g/mol. The number of nitrogens with zero attached hydrogens (tertiary/aromatic N) is 1. The van der Waals surface area contributed by atoms with E-state index in [0.717, 1.165) is 23.1 Å². The molecular formula is C46H37N. The van der Waals surface area contributed by atoms with E-state index in [1.165, 1.54) is 6.07 Å². The van der Waals surface area contributed by atoms with Crippen LogP contribution in [-0.4, -0.2) is 0 Å². The molecule has 2 aliphatic rings. The number of hydrogen-bond acceptors (Lipinski definition) is 1. The summed E-state index contributed by atoms with van der Waals surface area (Å²) in [5, 5.41) is -0.263. The van der Waals surface area contributed by atoms with Gasteiger partial charge in [-0.25, -0.2) is 0 Å². The van der Waals surface area contributed by atoms with Gasteiger partial charge in [0.05, 0.1) is 34.5 Å². The average molecular weight is 625 g/mol. The minimum absolute atomic E-state index is 0.00591. The molecule has 0 atom stereocenters. The number of benzene rings is 7. The first-order valence-electron chi connectivity index (χ1n) is 25.5. The highest BCUT2D eigenvalue weighted by Gasteiger charge is 2.37. The minimum atomic E-state index is -1.51. The lowest BCUT2D eigenvalue weighted by atomic mass is 9.68. The molecule has 0 heterocycles. The van der Waals surface area contributed by atoms with E-state index in [1.807, 2.05) is 0 Å². The van der Waals surface area contributed by atoms with Crippen molar-refractivity contribution in [1.29, 1.82) is 0 Å². The van der Waals surface area contributed by atoms with Crippen LogP contribution in [0.1, 0.15) is 78.7 Å². The summed E-state index contributed by atoms with van der Waals surface area (Å²) in [5.74, 6) is 0. The van der Waals surface area contributed by atoms with Crippen LogP contribution in [-0.2, 0) is 10.8 Å². The van der Waals surface area contributed by atoms with Crippen LogP contribution < -0.4 is 4.90 Å². The van der Waals surface area contributed by atoms with E-state index in [-0.39, 0.29) is 90.8 Å². The molecule has 9 rings (SSSR count). The zero-order valence-corrected chi connectivity index (χ0v) is 25.8. The lowest BCUT2D eigenvalue weighted by molar-refractivity contribution is 0.645. The van der Waals surface area contributed by atoms with Crippen molar-refractivity contribution in [2.45, 2.75) is 38.5 Å². The molecule has 0 bridgehead atoms. The second-order valence-electron chi connectivity index (χ2n) is 12.5. The molecule has 226 valence electrons. The van der Waals surface area contributed by atoms with Gasteiger partial charge in [-0.3, -0.25) is 0 Å². The number of rotatable bonds is 4. The molecule has 0 fully saturated rings. The van der Waals surface area contributed by atoms with E-state index in [2.05, 4.69) is 0 Å². The number of hydrogen-bond donors (Lipinski definition) is 0. The predicted molar refractivity (Wildman–Crippen MR) is 199 cm³/mol. The molecule has 47 heavy (non-hydrogen) atoms. The van der Waals surface area contributed by atoms with E-state index in [4.69, 9.17) is 15.1 Å². The van der Waals surface area contributed by atoms with Gasteiger partial charge in [-0.1, -0.05) is 149 Å². The Labute approximate surface area is 307 Å². The summed E-state index contributed by atoms with van der Waals surface area (Å²) < 4.78 is 191. The van der Waals surface area contributed by atoms with Gasteiger partial charge in [-0.05, 0) is 91.1 Å². The van der Waals surface area contributed by atoms with Gasteiger partial charge >= 0.3 is 0 Å². The molecule has 0 aliphatic heterocycles. The predicted octanol–water partition coefficient (Wildman–Crippen LogP) is 12.6. The molecule has 7 aromatic carbocycles. The van der Waals surface area contributed by atoms with Crippen molar-refractivity contribution in [2.24, 2.45) is 0 Å². The largest absolute Gasteiger partial charge is 0.310 e. The Morgan fingerprint density at radius 3 is 1.98 bits per heavy atom. The molecule has 0 saturated heterocycles. The fourth-order valence-corrected chi connectivity index (χ4v) is 6.80. The molecule has 1 heteroatoms. The zero-order valence-electron chi connectivity index (χ0n) is 46.8. The van der Waals surface area contributed by atoms with Gasteiger partial charge in [0.1, 0.15) is 0 Å². The Morgan fingerprint density at radius 2 is 1.15 bits per heavy atom. The first kappa shape index (κ1) is 13.8. The SMILES string of the molecule is [2H]c1cc([2H])c([2H])c(-c2c([2H])c([2H])c(N(c3cc([2H])c4c(c3[2H])C(C)(C)c3c([2H])cc([2H])c([2H])c3-4)c3cc([2H])c4c([2H])c([2H])c([2H])c5c4c3-c3c([2H])c([2H])c([2H])c([2H])c3C5(C)C)c([2H])c2[2H])c1[2H]. The van der Waals surface area contributed by atoms with Crippen LogP contribution in [0.4, 0.5) is 17.1 Å². The van der Waals surface area contributed by atoms with Gasteiger partial charge in [0.25, 0.3) is 0 Å². The summed E-state index contributed by atoms with van der Waals surface area (Å²) in [6.45, 7) is 6.46. The number of fused-ring (bicyclic) bond motifs is 5. The Kier molecular flexibility index (Phi) is 2.94. The van der Waals surface area contributed by atoms with E-state index < -0.39 is 130 Å². The van der Waals surface area contributed by atoms with Crippen LogP contribution in [0.5, 0.6) is 0 Å². The summed E-state index contributed by atoms with van der Waals surface area (Å²) in [6.07, 6.45) is 0. The van der Waals surface area contributed by atoms with Gasteiger partial charge in [0.2, 0.25) is 0 Å². The Bertz CT molecular complexity index is 3480. The maximum absolute atomic E-state index is 10.1. The standard InChI is InChI=1S/C46H37N/c1-45(2)39-19-11-9-17-37(39)44-42(28-23-32-15-12-20-40(45)43(32)44)47(33-24-21-31(22-25-33)30-13-6-5-7-14-30)34-26-27-36-35-16-8-10-18-38(35)46(3,4)41(36)29-34/h5-29H,1-4H3/i6D,7D,8D,9D,11D,12D,13D,14D,15D,16D,17D,18D,19D,20D,21D,22D,23D,24D,25D,27D,29D. The third-order valence-electron chi connectivity index (χ3n) is 9.12. The van der Waals surface area contributed by atoms with Gasteiger partial charge < -0.3 is 4.90 Å². The minimum Gasteiger partial charge on any atom is -0.310 e. The van der Waals surface area contributed by atoms with Gasteiger partial charge in [0.15, 0.2) is 0 Å². The highest BCUT2D eigenvalue weighted by Crippen LogP contribution is 2.55. The molecule has 2 aliphatic carbocycles. The van der Waals surface area contributed by atoms with Gasteiger partial charge in [-0.15, -0.1) is 0 Å². The fraction of sp³-hybridized carbons (Fsp3) is 0.130. The highest BCUT2D eigenvalue weighted by molar-refractivity contribution is 6.10. The van der Waals surface area contributed by atoms with Gasteiger partial charge in [-0.2, -0.15) is 0 Å². The Hall–Kier alpha value is -5.40. The van der Waals surface area contributed by atoms with Crippen LogP contribution in [0.15, 0.2) is 151 Å². The lowest BCUT2D eigenvalue weighted by Gasteiger charge is -2.38. The molecule has 0 N–H and O–H groups in total. The number of anilines is 3. The topological polar surface area (TPSA) is 3.24 Å². The van der Waals surface area contributed by atoms with Crippen molar-refractivity contribution in [1.82, 2.24) is 0 Å². The van der Waals surface area contributed by atoms with Crippen LogP contribution >= 0.6 is 0 Å². The van der Waals surface area contributed by atoms with E-state index in [1.54, 1.807) is 27.7 Å². The first-order valence-corrected chi connectivity index (χ1v) is 15.0. The molecule has 1 nitrogen and oxygen atoms in total. The smallest absolute Gasteiger partial charge is 0.0648 e. The van der Waals surface area contributed by atoms with Crippen molar-refractivity contribution in [3.05, 3.63) is 173 Å². The fourth-order valence-electron chi connectivity index (χ4n) is 6.80. The lowest BCUT2D eigenvalue weighted by Crippen LogP contribution is -2.24. The quantitative estimate of drug-likeness (QED) is 0.188. The van der Waals surface area contributed by atoms with Crippen LogP contribution in [0, 0.1) is 0 Å². The Morgan fingerprint density at radius 1 is 0.489 bits per heavy atom. The third kappa shape index (κ3) is 4.02. The monoisotopic (exact) mass is 624 g/mol. The molecule has 0 spiro atoms. The summed E-state index contributed by atoms with van der Waals surface area (Å²) >= 11 is 0. The normalized spacial score (nSPS) is 21.0. The van der Waals surface area contributed by atoms with Crippen LogP contribution in [0.3, 0.4) is 0 Å².